The summed E-state index contributed by atoms with van der Waals surface area (Å²) in [7, 11) is 2.07. The molecule has 4 heteroatoms. The summed E-state index contributed by atoms with van der Waals surface area (Å²) in [5, 5.41) is 0. The number of anilines is 1. The molecule has 0 saturated carbocycles. The number of hydrogen-bond donors (Lipinski definition) is 1. The average Bonchev–Trinajstić information content (AvgIpc) is 2.38. The number of benzene rings is 1. The molecule has 100 valence electrons. The van der Waals surface area contributed by atoms with Crippen LogP contribution in [0.25, 0.3) is 0 Å². The van der Waals surface area contributed by atoms with E-state index in [0.29, 0.717) is 5.82 Å². The quantitative estimate of drug-likeness (QED) is 0.889. The lowest BCUT2D eigenvalue weighted by atomic mass is 10.1. The second kappa shape index (κ2) is 6.29. The van der Waals surface area contributed by atoms with Crippen molar-refractivity contribution in [3.8, 4) is 0 Å². The van der Waals surface area contributed by atoms with Crippen LogP contribution in [0.3, 0.4) is 0 Å². The lowest BCUT2D eigenvalue weighted by Gasteiger charge is -2.16. The van der Waals surface area contributed by atoms with Crippen LogP contribution in [0.2, 0.25) is 0 Å². The van der Waals surface area contributed by atoms with Gasteiger partial charge in [0.2, 0.25) is 0 Å². The third-order valence-corrected chi connectivity index (χ3v) is 3.16. The molecule has 0 unspecified atom stereocenters. The van der Waals surface area contributed by atoms with E-state index < -0.39 is 0 Å². The third-order valence-electron chi connectivity index (χ3n) is 3.16. The maximum absolute atomic E-state index is 5.65. The van der Waals surface area contributed by atoms with Crippen LogP contribution in [-0.2, 0) is 13.0 Å². The van der Waals surface area contributed by atoms with Crippen molar-refractivity contribution >= 4 is 5.82 Å². The summed E-state index contributed by atoms with van der Waals surface area (Å²) in [5.74, 6) is 1.30. The molecule has 0 aliphatic rings. The van der Waals surface area contributed by atoms with Crippen LogP contribution in [0.5, 0.6) is 0 Å². The van der Waals surface area contributed by atoms with Crippen molar-refractivity contribution in [1.29, 1.82) is 0 Å². The van der Waals surface area contributed by atoms with Crippen molar-refractivity contribution in [3.05, 3.63) is 53.5 Å². The van der Waals surface area contributed by atoms with Gasteiger partial charge in [-0.15, -0.1) is 0 Å². The fourth-order valence-electron chi connectivity index (χ4n) is 2.01. The first-order valence-electron chi connectivity index (χ1n) is 6.45. The molecule has 0 spiro atoms. The Labute approximate surface area is 114 Å². The number of aryl methyl sites for hydroxylation is 1. The minimum atomic E-state index is 0.525. The molecule has 0 aliphatic heterocycles. The van der Waals surface area contributed by atoms with Gasteiger partial charge in [-0.3, -0.25) is 4.90 Å². The normalized spacial score (nSPS) is 10.9. The van der Waals surface area contributed by atoms with Crippen LogP contribution >= 0.6 is 0 Å². The molecular weight excluding hydrogens is 236 g/mol. The summed E-state index contributed by atoms with van der Waals surface area (Å²) < 4.78 is 0. The van der Waals surface area contributed by atoms with Crippen LogP contribution in [0.1, 0.15) is 17.0 Å². The Hall–Kier alpha value is -1.94. The van der Waals surface area contributed by atoms with Gasteiger partial charge in [0.15, 0.2) is 0 Å². The minimum Gasteiger partial charge on any atom is -0.384 e. The molecule has 4 nitrogen and oxygen atoms in total. The van der Waals surface area contributed by atoms with E-state index in [-0.39, 0.29) is 0 Å². The molecule has 1 aromatic carbocycles. The van der Waals surface area contributed by atoms with Crippen molar-refractivity contribution in [1.82, 2.24) is 14.9 Å². The molecule has 19 heavy (non-hydrogen) atoms. The number of likely N-dealkylation sites (N-methyl/N-ethyl adjacent to an activating group) is 1. The average molecular weight is 256 g/mol. The van der Waals surface area contributed by atoms with Crippen molar-refractivity contribution in [2.45, 2.75) is 19.9 Å². The van der Waals surface area contributed by atoms with E-state index in [2.05, 4.69) is 53.1 Å². The van der Waals surface area contributed by atoms with Gasteiger partial charge in [-0.2, -0.15) is 0 Å². The molecule has 0 aliphatic carbocycles. The molecular formula is C15H20N4. The van der Waals surface area contributed by atoms with E-state index in [1.54, 1.807) is 12.3 Å². The van der Waals surface area contributed by atoms with E-state index in [4.69, 9.17) is 5.73 Å². The summed E-state index contributed by atoms with van der Waals surface area (Å²) in [6, 6.07) is 10.2. The zero-order chi connectivity index (χ0) is 13.7. The van der Waals surface area contributed by atoms with Crippen LogP contribution < -0.4 is 5.73 Å². The van der Waals surface area contributed by atoms with Gasteiger partial charge in [-0.25, -0.2) is 9.97 Å². The molecule has 2 N–H and O–H groups in total. The summed E-state index contributed by atoms with van der Waals surface area (Å²) in [5.41, 5.74) is 8.38. The van der Waals surface area contributed by atoms with Gasteiger partial charge in [0.25, 0.3) is 0 Å². The highest BCUT2D eigenvalue weighted by atomic mass is 15.1. The van der Waals surface area contributed by atoms with Crippen LogP contribution in [0, 0.1) is 6.92 Å². The monoisotopic (exact) mass is 256 g/mol. The van der Waals surface area contributed by atoms with Crippen molar-refractivity contribution in [2.75, 3.05) is 19.3 Å². The molecule has 0 bridgehead atoms. The second-order valence-corrected chi connectivity index (χ2v) is 4.81. The first kappa shape index (κ1) is 13.5. The van der Waals surface area contributed by atoms with Gasteiger partial charge in [0.1, 0.15) is 11.6 Å². The van der Waals surface area contributed by atoms with Gasteiger partial charge in [-0.1, -0.05) is 24.3 Å². The molecule has 2 rings (SSSR count). The summed E-state index contributed by atoms with van der Waals surface area (Å²) in [6.45, 7) is 3.84. The van der Waals surface area contributed by atoms with Gasteiger partial charge in [-0.05, 0) is 37.6 Å². The van der Waals surface area contributed by atoms with E-state index in [1.807, 2.05) is 0 Å². The number of nitrogens with two attached hydrogens (primary N) is 1. The highest BCUT2D eigenvalue weighted by Crippen LogP contribution is 2.08. The first-order chi connectivity index (χ1) is 9.15. The molecule has 2 aromatic rings. The Morgan fingerprint density at radius 1 is 1.21 bits per heavy atom. The maximum Gasteiger partial charge on any atom is 0.144 e. The van der Waals surface area contributed by atoms with E-state index >= 15 is 0 Å². The lowest BCUT2D eigenvalue weighted by molar-refractivity contribution is 0.322. The Balaban J connectivity index is 1.88. The number of nitrogen functional groups attached to an aromatic ring is 1. The lowest BCUT2D eigenvalue weighted by Crippen LogP contribution is -2.22. The van der Waals surface area contributed by atoms with Gasteiger partial charge >= 0.3 is 0 Å². The summed E-state index contributed by atoms with van der Waals surface area (Å²) >= 11 is 0. The van der Waals surface area contributed by atoms with Crippen LogP contribution in [0.15, 0.2) is 36.5 Å². The van der Waals surface area contributed by atoms with Crippen molar-refractivity contribution in [2.24, 2.45) is 0 Å². The number of nitrogens with zero attached hydrogens (tertiary/aromatic N) is 3. The van der Waals surface area contributed by atoms with Gasteiger partial charge in [0, 0.05) is 12.7 Å². The SMILES string of the molecule is Cc1ccccc1CCN(C)Cc1nccc(N)n1. The first-order valence-corrected chi connectivity index (χ1v) is 6.45. The van der Waals surface area contributed by atoms with Crippen LogP contribution in [0.4, 0.5) is 5.82 Å². The largest absolute Gasteiger partial charge is 0.384 e. The summed E-state index contributed by atoms with van der Waals surface area (Å²) in [4.78, 5) is 10.6. The molecule has 1 aromatic heterocycles. The zero-order valence-electron chi connectivity index (χ0n) is 11.5. The predicted molar refractivity (Wildman–Crippen MR) is 77.7 cm³/mol. The van der Waals surface area contributed by atoms with Crippen molar-refractivity contribution in [3.63, 3.8) is 0 Å². The third kappa shape index (κ3) is 4.03. The smallest absolute Gasteiger partial charge is 0.144 e. The van der Waals surface area contributed by atoms with E-state index in [0.717, 1.165) is 25.3 Å². The molecule has 0 fully saturated rings. The maximum atomic E-state index is 5.65. The minimum absolute atomic E-state index is 0.525. The Morgan fingerprint density at radius 2 is 2.00 bits per heavy atom. The highest BCUT2D eigenvalue weighted by molar-refractivity contribution is 5.26. The fraction of sp³-hybridized carbons (Fsp3) is 0.333. The highest BCUT2D eigenvalue weighted by Gasteiger charge is 2.04. The van der Waals surface area contributed by atoms with E-state index in [9.17, 15) is 0 Å². The van der Waals surface area contributed by atoms with Crippen molar-refractivity contribution < 1.29 is 0 Å². The Bertz CT molecular complexity index is 539. The number of hydrogen-bond acceptors (Lipinski definition) is 4. The summed E-state index contributed by atoms with van der Waals surface area (Å²) in [6.07, 6.45) is 2.73. The van der Waals surface area contributed by atoms with Gasteiger partial charge < -0.3 is 5.73 Å². The second-order valence-electron chi connectivity index (χ2n) is 4.81. The zero-order valence-corrected chi connectivity index (χ0v) is 11.5. The van der Waals surface area contributed by atoms with E-state index in [1.165, 1.54) is 11.1 Å². The predicted octanol–water partition coefficient (Wildman–Crippen LogP) is 2.04. The molecule has 0 atom stereocenters. The standard InChI is InChI=1S/C15H20N4/c1-12-5-3-4-6-13(12)8-10-19(2)11-15-17-9-7-14(16)18-15/h3-7,9H,8,10-11H2,1-2H3,(H2,16,17,18). The Kier molecular flexibility index (Phi) is 4.47. The van der Waals surface area contributed by atoms with Gasteiger partial charge in [0.05, 0.1) is 6.54 Å². The fourth-order valence-corrected chi connectivity index (χ4v) is 2.01. The number of rotatable bonds is 5. The van der Waals surface area contributed by atoms with Crippen LogP contribution in [-0.4, -0.2) is 28.5 Å². The molecule has 0 saturated heterocycles. The Morgan fingerprint density at radius 3 is 2.74 bits per heavy atom. The molecule has 0 amide bonds. The molecule has 0 radical (unpaired) electrons. The molecule has 1 heterocycles. The number of aromatic nitrogens is 2. The topological polar surface area (TPSA) is 55.0 Å².